The fraction of sp³-hybridized carbons (Fsp3) is 0.652. The first-order valence-electron chi connectivity index (χ1n) is 11.8. The summed E-state index contributed by atoms with van der Waals surface area (Å²) in [5.74, 6) is 2.43. The number of amides is 1. The molecule has 8 heteroatoms. The van der Waals surface area contributed by atoms with E-state index in [0.717, 1.165) is 56.4 Å². The minimum Gasteiger partial charge on any atom is -0.353 e. The largest absolute Gasteiger partial charge is 0.353 e. The monoisotopic (exact) mass is 424 g/mol. The quantitative estimate of drug-likeness (QED) is 0.745. The van der Waals surface area contributed by atoms with Gasteiger partial charge in [0, 0.05) is 50.9 Å². The Morgan fingerprint density at radius 3 is 2.61 bits per heavy atom. The summed E-state index contributed by atoms with van der Waals surface area (Å²) in [6.07, 6.45) is 10.7. The Balaban J connectivity index is 1.30. The lowest BCUT2D eigenvalue weighted by atomic mass is 9.94. The maximum Gasteiger partial charge on any atom is 0.244 e. The number of carbonyl (C=O) groups is 1. The SMILES string of the molecule is CC(=O)N1CCN(c2cc(-c3noc(C4CCCN4C4CCCCC4)n3)ccn2)CC1. The number of carbonyl (C=O) groups excluding carboxylic acids is 1. The van der Waals surface area contributed by atoms with Gasteiger partial charge in [0.2, 0.25) is 17.6 Å². The Labute approximate surface area is 183 Å². The molecule has 1 amide bonds. The van der Waals surface area contributed by atoms with Crippen LogP contribution in [0.2, 0.25) is 0 Å². The Hall–Kier alpha value is -2.48. The van der Waals surface area contributed by atoms with E-state index < -0.39 is 0 Å². The number of hydrogen-bond acceptors (Lipinski definition) is 7. The second-order valence-electron chi connectivity index (χ2n) is 9.04. The van der Waals surface area contributed by atoms with Gasteiger partial charge in [-0.3, -0.25) is 9.69 Å². The Morgan fingerprint density at radius 2 is 1.84 bits per heavy atom. The van der Waals surface area contributed by atoms with E-state index in [9.17, 15) is 4.79 Å². The zero-order valence-electron chi connectivity index (χ0n) is 18.4. The van der Waals surface area contributed by atoms with Gasteiger partial charge in [0.15, 0.2) is 0 Å². The van der Waals surface area contributed by atoms with Crippen molar-refractivity contribution in [3.63, 3.8) is 0 Å². The van der Waals surface area contributed by atoms with Gasteiger partial charge in [-0.2, -0.15) is 4.98 Å². The molecule has 0 aromatic carbocycles. The normalized spacial score (nSPS) is 23.5. The van der Waals surface area contributed by atoms with Gasteiger partial charge in [0.1, 0.15) is 5.82 Å². The van der Waals surface area contributed by atoms with Crippen LogP contribution in [0.5, 0.6) is 0 Å². The molecule has 8 nitrogen and oxygen atoms in total. The number of hydrogen-bond donors (Lipinski definition) is 0. The number of piperazine rings is 1. The molecular formula is C23H32N6O2. The molecule has 1 aliphatic carbocycles. The average Bonchev–Trinajstić information content (AvgIpc) is 3.50. The lowest BCUT2D eigenvalue weighted by Crippen LogP contribution is -2.48. The molecule has 4 heterocycles. The number of aromatic nitrogens is 3. The summed E-state index contributed by atoms with van der Waals surface area (Å²) in [5.41, 5.74) is 0.927. The van der Waals surface area contributed by atoms with Gasteiger partial charge in [-0.05, 0) is 44.4 Å². The van der Waals surface area contributed by atoms with Crippen LogP contribution in [0.1, 0.15) is 63.8 Å². The van der Waals surface area contributed by atoms with Crippen LogP contribution in [-0.2, 0) is 4.79 Å². The predicted octanol–water partition coefficient (Wildman–Crippen LogP) is 3.27. The third-order valence-electron chi connectivity index (χ3n) is 7.12. The van der Waals surface area contributed by atoms with Crippen LogP contribution in [0.15, 0.2) is 22.9 Å². The summed E-state index contributed by atoms with van der Waals surface area (Å²) in [6, 6.07) is 4.89. The predicted molar refractivity (Wildman–Crippen MR) is 118 cm³/mol. The minimum absolute atomic E-state index is 0.134. The fourth-order valence-electron chi connectivity index (χ4n) is 5.37. The third-order valence-corrected chi connectivity index (χ3v) is 7.12. The average molecular weight is 425 g/mol. The molecule has 2 saturated heterocycles. The highest BCUT2D eigenvalue weighted by Gasteiger charge is 2.35. The Kier molecular flexibility index (Phi) is 5.89. The first-order valence-corrected chi connectivity index (χ1v) is 11.8. The third kappa shape index (κ3) is 4.31. The molecule has 0 spiro atoms. The van der Waals surface area contributed by atoms with E-state index in [2.05, 4.69) is 19.9 Å². The van der Waals surface area contributed by atoms with Gasteiger partial charge in [-0.25, -0.2) is 4.98 Å². The molecular weight excluding hydrogens is 392 g/mol. The van der Waals surface area contributed by atoms with Crippen LogP contribution in [0.3, 0.4) is 0 Å². The van der Waals surface area contributed by atoms with Gasteiger partial charge in [0.05, 0.1) is 6.04 Å². The number of nitrogens with zero attached hydrogens (tertiary/aromatic N) is 6. The molecule has 0 bridgehead atoms. The van der Waals surface area contributed by atoms with Crippen molar-refractivity contribution in [1.29, 1.82) is 0 Å². The van der Waals surface area contributed by atoms with E-state index in [4.69, 9.17) is 9.51 Å². The number of anilines is 1. The molecule has 5 rings (SSSR count). The van der Waals surface area contributed by atoms with Gasteiger partial charge < -0.3 is 14.3 Å². The molecule has 3 fully saturated rings. The maximum absolute atomic E-state index is 11.6. The molecule has 0 radical (unpaired) electrons. The fourth-order valence-corrected chi connectivity index (χ4v) is 5.37. The van der Waals surface area contributed by atoms with E-state index >= 15 is 0 Å². The van der Waals surface area contributed by atoms with E-state index in [1.807, 2.05) is 23.2 Å². The lowest BCUT2D eigenvalue weighted by Gasteiger charge is -2.34. The molecule has 166 valence electrons. The van der Waals surface area contributed by atoms with Gasteiger partial charge in [-0.15, -0.1) is 0 Å². The van der Waals surface area contributed by atoms with Crippen molar-refractivity contribution < 1.29 is 9.32 Å². The van der Waals surface area contributed by atoms with Crippen molar-refractivity contribution in [2.24, 2.45) is 0 Å². The Bertz CT molecular complexity index is 901. The second kappa shape index (κ2) is 8.94. The number of likely N-dealkylation sites (tertiary alicyclic amines) is 1. The number of pyridine rings is 1. The summed E-state index contributed by atoms with van der Waals surface area (Å²) in [7, 11) is 0. The van der Waals surface area contributed by atoms with Gasteiger partial charge >= 0.3 is 0 Å². The van der Waals surface area contributed by atoms with E-state index in [-0.39, 0.29) is 11.9 Å². The first kappa shape index (κ1) is 20.4. The summed E-state index contributed by atoms with van der Waals surface area (Å²) in [4.78, 5) is 27.6. The van der Waals surface area contributed by atoms with Crippen molar-refractivity contribution in [2.75, 3.05) is 37.6 Å². The molecule has 2 aliphatic heterocycles. The van der Waals surface area contributed by atoms with Crippen molar-refractivity contribution in [3.8, 4) is 11.4 Å². The van der Waals surface area contributed by atoms with Crippen LogP contribution in [-0.4, -0.2) is 69.6 Å². The molecule has 1 atom stereocenters. The molecule has 3 aliphatic rings. The van der Waals surface area contributed by atoms with Crippen LogP contribution >= 0.6 is 0 Å². The lowest BCUT2D eigenvalue weighted by molar-refractivity contribution is -0.129. The highest BCUT2D eigenvalue weighted by atomic mass is 16.5. The Morgan fingerprint density at radius 1 is 1.03 bits per heavy atom. The van der Waals surface area contributed by atoms with Crippen LogP contribution in [0, 0.1) is 0 Å². The first-order chi connectivity index (χ1) is 15.2. The minimum atomic E-state index is 0.134. The topological polar surface area (TPSA) is 78.6 Å². The molecule has 31 heavy (non-hydrogen) atoms. The van der Waals surface area contributed by atoms with Gasteiger partial charge in [0.25, 0.3) is 0 Å². The van der Waals surface area contributed by atoms with E-state index in [0.29, 0.717) is 11.9 Å². The van der Waals surface area contributed by atoms with Crippen molar-refractivity contribution >= 4 is 11.7 Å². The summed E-state index contributed by atoms with van der Waals surface area (Å²) < 4.78 is 5.77. The smallest absolute Gasteiger partial charge is 0.244 e. The zero-order valence-corrected chi connectivity index (χ0v) is 18.4. The zero-order chi connectivity index (χ0) is 21.2. The molecule has 1 unspecified atom stereocenters. The van der Waals surface area contributed by atoms with Crippen LogP contribution in [0.25, 0.3) is 11.4 Å². The summed E-state index contributed by atoms with van der Waals surface area (Å²) in [6.45, 7) is 5.79. The molecule has 2 aromatic rings. The van der Waals surface area contributed by atoms with Crippen LogP contribution in [0.4, 0.5) is 5.82 Å². The van der Waals surface area contributed by atoms with E-state index in [1.165, 1.54) is 38.5 Å². The maximum atomic E-state index is 11.6. The highest BCUT2D eigenvalue weighted by molar-refractivity contribution is 5.73. The van der Waals surface area contributed by atoms with Gasteiger partial charge in [-0.1, -0.05) is 24.4 Å². The van der Waals surface area contributed by atoms with Crippen molar-refractivity contribution in [1.82, 2.24) is 24.9 Å². The number of rotatable bonds is 4. The second-order valence-corrected chi connectivity index (χ2v) is 9.04. The standard InChI is InChI=1S/C23H32N6O2/c1-17(30)27-12-14-28(15-13-27)21-16-18(9-10-24-21)22-25-23(31-26-22)20-8-5-11-29(20)19-6-3-2-4-7-19/h9-10,16,19-20H,2-8,11-15H2,1H3. The summed E-state index contributed by atoms with van der Waals surface area (Å²) in [5, 5.41) is 4.32. The van der Waals surface area contributed by atoms with Crippen molar-refractivity contribution in [2.45, 2.75) is 64.0 Å². The highest BCUT2D eigenvalue weighted by Crippen LogP contribution is 2.37. The molecule has 2 aromatic heterocycles. The summed E-state index contributed by atoms with van der Waals surface area (Å²) >= 11 is 0. The molecule has 1 saturated carbocycles. The van der Waals surface area contributed by atoms with Crippen LogP contribution < -0.4 is 4.90 Å². The molecule has 0 N–H and O–H groups in total. The van der Waals surface area contributed by atoms with E-state index in [1.54, 1.807) is 6.92 Å². The van der Waals surface area contributed by atoms with Crippen molar-refractivity contribution in [3.05, 3.63) is 24.2 Å².